The fourth-order valence-corrected chi connectivity index (χ4v) is 2.73. The molecule has 0 aliphatic heterocycles. The van der Waals surface area contributed by atoms with Crippen molar-refractivity contribution in [2.24, 2.45) is 0 Å². The molecule has 1 saturated carbocycles. The molecule has 0 radical (unpaired) electrons. The van der Waals surface area contributed by atoms with Crippen molar-refractivity contribution in [3.05, 3.63) is 28.4 Å². The molecule has 5 nitrogen and oxygen atoms in total. The standard InChI is InChI=1S/C13H19N3O2/c1-2-15(11-7-4-3-5-8-11)13-12(16(17)18)9-6-10-14-13/h6,9-11H,2-5,7-8H2,1H3. The molecule has 1 aromatic rings. The minimum absolute atomic E-state index is 0.116. The van der Waals surface area contributed by atoms with E-state index in [1.54, 1.807) is 12.3 Å². The quantitative estimate of drug-likeness (QED) is 0.607. The number of nitrogens with zero attached hydrogens (tertiary/aromatic N) is 3. The van der Waals surface area contributed by atoms with Crippen LogP contribution in [0.3, 0.4) is 0 Å². The average molecular weight is 249 g/mol. The van der Waals surface area contributed by atoms with Crippen LogP contribution in [-0.2, 0) is 0 Å². The summed E-state index contributed by atoms with van der Waals surface area (Å²) < 4.78 is 0. The van der Waals surface area contributed by atoms with Gasteiger partial charge in [-0.2, -0.15) is 0 Å². The van der Waals surface area contributed by atoms with Gasteiger partial charge in [0.05, 0.1) is 4.92 Å². The van der Waals surface area contributed by atoms with E-state index in [0.717, 1.165) is 19.4 Å². The van der Waals surface area contributed by atoms with Gasteiger partial charge in [0.15, 0.2) is 0 Å². The molecule has 98 valence electrons. The van der Waals surface area contributed by atoms with E-state index in [1.165, 1.54) is 25.3 Å². The van der Waals surface area contributed by atoms with Crippen molar-refractivity contribution in [2.75, 3.05) is 11.4 Å². The molecule has 0 atom stereocenters. The van der Waals surface area contributed by atoms with E-state index < -0.39 is 0 Å². The Labute approximate surface area is 107 Å². The van der Waals surface area contributed by atoms with E-state index in [-0.39, 0.29) is 10.6 Å². The molecule has 0 unspecified atom stereocenters. The first-order valence-corrected chi connectivity index (χ1v) is 6.60. The van der Waals surface area contributed by atoms with Crippen molar-refractivity contribution in [2.45, 2.75) is 45.1 Å². The zero-order valence-corrected chi connectivity index (χ0v) is 10.7. The van der Waals surface area contributed by atoms with Crippen molar-refractivity contribution in [3.63, 3.8) is 0 Å². The molecule has 0 aromatic carbocycles. The Morgan fingerprint density at radius 3 is 2.78 bits per heavy atom. The Morgan fingerprint density at radius 2 is 2.17 bits per heavy atom. The molecule has 0 amide bonds. The van der Waals surface area contributed by atoms with Crippen molar-refractivity contribution in [1.82, 2.24) is 4.98 Å². The van der Waals surface area contributed by atoms with Gasteiger partial charge in [-0.25, -0.2) is 4.98 Å². The summed E-state index contributed by atoms with van der Waals surface area (Å²) in [5.74, 6) is 0.525. The van der Waals surface area contributed by atoms with Crippen LogP contribution >= 0.6 is 0 Å². The van der Waals surface area contributed by atoms with Gasteiger partial charge in [0.25, 0.3) is 0 Å². The Kier molecular flexibility index (Phi) is 4.12. The SMILES string of the molecule is CCN(c1ncccc1[N+](=O)[O-])C1CCCCC1. The highest BCUT2D eigenvalue weighted by Gasteiger charge is 2.26. The molecule has 0 N–H and O–H groups in total. The van der Waals surface area contributed by atoms with Crippen LogP contribution in [0.4, 0.5) is 11.5 Å². The Bertz CT molecular complexity index is 416. The first-order chi connectivity index (χ1) is 8.74. The smallest absolute Gasteiger partial charge is 0.311 e. The zero-order valence-electron chi connectivity index (χ0n) is 10.7. The maximum atomic E-state index is 11.1. The monoisotopic (exact) mass is 249 g/mol. The molecule has 1 aliphatic rings. The number of anilines is 1. The van der Waals surface area contributed by atoms with Crippen molar-refractivity contribution >= 4 is 11.5 Å². The fraction of sp³-hybridized carbons (Fsp3) is 0.615. The molecule has 0 spiro atoms. The van der Waals surface area contributed by atoms with Crippen LogP contribution in [0.5, 0.6) is 0 Å². The number of hydrogen-bond donors (Lipinski definition) is 0. The van der Waals surface area contributed by atoms with Gasteiger partial charge in [0.2, 0.25) is 5.82 Å². The van der Waals surface area contributed by atoms with Crippen LogP contribution < -0.4 is 4.90 Å². The third-order valence-corrected chi connectivity index (χ3v) is 3.59. The second kappa shape index (κ2) is 5.80. The Morgan fingerprint density at radius 1 is 1.44 bits per heavy atom. The molecular formula is C13H19N3O2. The first kappa shape index (κ1) is 12.8. The maximum Gasteiger partial charge on any atom is 0.311 e. The molecule has 2 rings (SSSR count). The lowest BCUT2D eigenvalue weighted by Gasteiger charge is -2.34. The van der Waals surface area contributed by atoms with E-state index in [4.69, 9.17) is 0 Å². The Hall–Kier alpha value is -1.65. The lowest BCUT2D eigenvalue weighted by molar-refractivity contribution is -0.384. The average Bonchev–Trinajstić information content (AvgIpc) is 2.41. The molecule has 1 aromatic heterocycles. The van der Waals surface area contributed by atoms with Crippen LogP contribution in [0.2, 0.25) is 0 Å². The highest BCUT2D eigenvalue weighted by Crippen LogP contribution is 2.31. The van der Waals surface area contributed by atoms with E-state index in [9.17, 15) is 10.1 Å². The van der Waals surface area contributed by atoms with Crippen molar-refractivity contribution in [3.8, 4) is 0 Å². The molecule has 1 aliphatic carbocycles. The van der Waals surface area contributed by atoms with E-state index in [0.29, 0.717) is 11.9 Å². The van der Waals surface area contributed by atoms with E-state index in [2.05, 4.69) is 9.88 Å². The van der Waals surface area contributed by atoms with E-state index >= 15 is 0 Å². The summed E-state index contributed by atoms with van der Waals surface area (Å²) in [6.07, 6.45) is 7.55. The molecule has 5 heteroatoms. The van der Waals surface area contributed by atoms with Gasteiger partial charge in [-0.1, -0.05) is 19.3 Å². The van der Waals surface area contributed by atoms with Crippen molar-refractivity contribution in [1.29, 1.82) is 0 Å². The number of aromatic nitrogens is 1. The summed E-state index contributed by atoms with van der Waals surface area (Å²) in [5.41, 5.74) is 0.116. The topological polar surface area (TPSA) is 59.3 Å². The summed E-state index contributed by atoms with van der Waals surface area (Å²) in [5, 5.41) is 11.1. The van der Waals surface area contributed by atoms with Crippen LogP contribution in [-0.4, -0.2) is 22.5 Å². The van der Waals surface area contributed by atoms with Gasteiger partial charge in [-0.05, 0) is 25.8 Å². The summed E-state index contributed by atoms with van der Waals surface area (Å²) in [6, 6.07) is 3.56. The Balaban J connectivity index is 2.28. The van der Waals surface area contributed by atoms with Gasteiger partial charge in [-0.3, -0.25) is 10.1 Å². The van der Waals surface area contributed by atoms with Crippen LogP contribution in [0.1, 0.15) is 39.0 Å². The maximum absolute atomic E-state index is 11.1. The second-order valence-electron chi connectivity index (χ2n) is 4.68. The molecular weight excluding hydrogens is 230 g/mol. The lowest BCUT2D eigenvalue weighted by Crippen LogP contribution is -2.37. The summed E-state index contributed by atoms with van der Waals surface area (Å²) in [4.78, 5) is 17.0. The van der Waals surface area contributed by atoms with Gasteiger partial charge < -0.3 is 4.90 Å². The third-order valence-electron chi connectivity index (χ3n) is 3.59. The molecule has 1 heterocycles. The van der Waals surface area contributed by atoms with E-state index in [1.807, 2.05) is 6.92 Å². The minimum Gasteiger partial charge on any atom is -0.348 e. The van der Waals surface area contributed by atoms with Crippen LogP contribution in [0, 0.1) is 10.1 Å². The number of nitro groups is 1. The molecule has 0 saturated heterocycles. The highest BCUT2D eigenvalue weighted by molar-refractivity contribution is 5.57. The minimum atomic E-state index is -0.339. The van der Waals surface area contributed by atoms with Crippen molar-refractivity contribution < 1.29 is 4.92 Å². The predicted octanol–water partition coefficient (Wildman–Crippen LogP) is 3.15. The molecule has 0 bridgehead atoms. The number of rotatable bonds is 4. The number of hydrogen-bond acceptors (Lipinski definition) is 4. The second-order valence-corrected chi connectivity index (χ2v) is 4.68. The fourth-order valence-electron chi connectivity index (χ4n) is 2.73. The summed E-state index contributed by atoms with van der Waals surface area (Å²) in [7, 11) is 0. The van der Waals surface area contributed by atoms with Gasteiger partial charge in [-0.15, -0.1) is 0 Å². The van der Waals surface area contributed by atoms with Gasteiger partial charge in [0, 0.05) is 24.8 Å². The van der Waals surface area contributed by atoms with Gasteiger partial charge in [0.1, 0.15) is 0 Å². The third kappa shape index (κ3) is 2.60. The highest BCUT2D eigenvalue weighted by atomic mass is 16.6. The summed E-state index contributed by atoms with van der Waals surface area (Å²) >= 11 is 0. The van der Waals surface area contributed by atoms with Crippen LogP contribution in [0.25, 0.3) is 0 Å². The first-order valence-electron chi connectivity index (χ1n) is 6.60. The normalized spacial score (nSPS) is 16.5. The van der Waals surface area contributed by atoms with Crippen LogP contribution in [0.15, 0.2) is 18.3 Å². The van der Waals surface area contributed by atoms with Gasteiger partial charge >= 0.3 is 5.69 Å². The lowest BCUT2D eigenvalue weighted by atomic mass is 9.94. The molecule has 1 fully saturated rings. The zero-order chi connectivity index (χ0) is 13.0. The molecule has 18 heavy (non-hydrogen) atoms. The number of pyridine rings is 1. The summed E-state index contributed by atoms with van der Waals surface area (Å²) in [6.45, 7) is 2.80. The largest absolute Gasteiger partial charge is 0.348 e. The predicted molar refractivity (Wildman–Crippen MR) is 70.8 cm³/mol.